The van der Waals surface area contributed by atoms with Gasteiger partial charge in [-0.05, 0) is 6.08 Å². The topological polar surface area (TPSA) is 29.3 Å². The van der Waals surface area contributed by atoms with Gasteiger partial charge in [0.15, 0.2) is 0 Å². The molecule has 0 aromatic heterocycles. The zero-order valence-electron chi connectivity index (χ0n) is 6.88. The van der Waals surface area contributed by atoms with Gasteiger partial charge in [0.25, 0.3) is 0 Å². The summed E-state index contributed by atoms with van der Waals surface area (Å²) in [6.07, 6.45) is 6.64. The van der Waals surface area contributed by atoms with Crippen LogP contribution >= 0.6 is 0 Å². The van der Waals surface area contributed by atoms with Gasteiger partial charge in [-0.2, -0.15) is 0 Å². The number of allylic oxidation sites excluding steroid dienone is 3. The molecule has 0 saturated heterocycles. The highest BCUT2D eigenvalue weighted by Gasteiger charge is 2.13. The Morgan fingerprint density at radius 3 is 2.82 bits per heavy atom. The van der Waals surface area contributed by atoms with Crippen LogP contribution in [0, 0.1) is 0 Å². The average molecular weight is 150 g/mol. The number of hydrogen-bond donors (Lipinski definition) is 1. The van der Waals surface area contributed by atoms with Gasteiger partial charge in [-0.15, -0.1) is 0 Å². The van der Waals surface area contributed by atoms with Crippen molar-refractivity contribution in [3.05, 3.63) is 36.2 Å². The second-order valence-corrected chi connectivity index (χ2v) is 2.68. The predicted octanol–water partition coefficient (Wildman–Crippen LogP) is 1.23. The minimum atomic E-state index is 0.977. The molecule has 2 heteroatoms. The Hall–Kier alpha value is -1.18. The monoisotopic (exact) mass is 150 g/mol. The summed E-state index contributed by atoms with van der Waals surface area (Å²) in [6.45, 7) is 4.63. The van der Waals surface area contributed by atoms with Crippen LogP contribution in [0.1, 0.15) is 6.42 Å². The van der Waals surface area contributed by atoms with Crippen LogP contribution in [0.2, 0.25) is 0 Å². The lowest BCUT2D eigenvalue weighted by molar-refractivity contribution is 0.472. The van der Waals surface area contributed by atoms with Crippen LogP contribution in [0.5, 0.6) is 0 Å². The Kier molecular flexibility index (Phi) is 2.36. The number of nitrogens with two attached hydrogens (primary N) is 1. The molecule has 1 aliphatic rings. The van der Waals surface area contributed by atoms with E-state index in [0.29, 0.717) is 0 Å². The standard InChI is InChI=1S/C9H14N2/c1-3-4-5-9-8(10)6-7-11(9)2/h3-5H,1,6-7,10H2,2H3/b5-4-. The van der Waals surface area contributed by atoms with Gasteiger partial charge in [0.2, 0.25) is 0 Å². The minimum absolute atomic E-state index is 0.977. The van der Waals surface area contributed by atoms with Crippen molar-refractivity contribution in [2.24, 2.45) is 5.73 Å². The SMILES string of the molecule is C=C/C=C\C1=C(N)CCN1C. The minimum Gasteiger partial charge on any atom is -0.400 e. The molecule has 0 radical (unpaired) electrons. The lowest BCUT2D eigenvalue weighted by atomic mass is 10.3. The lowest BCUT2D eigenvalue weighted by Gasteiger charge is -2.11. The first-order valence-corrected chi connectivity index (χ1v) is 3.74. The fourth-order valence-corrected chi connectivity index (χ4v) is 1.18. The van der Waals surface area contributed by atoms with E-state index in [0.717, 1.165) is 24.4 Å². The molecule has 2 N–H and O–H groups in total. The van der Waals surface area contributed by atoms with Gasteiger partial charge in [-0.3, -0.25) is 0 Å². The maximum Gasteiger partial charge on any atom is 0.0555 e. The molecule has 1 heterocycles. The van der Waals surface area contributed by atoms with E-state index in [1.54, 1.807) is 6.08 Å². The molecular weight excluding hydrogens is 136 g/mol. The molecule has 0 bridgehead atoms. The molecule has 1 rings (SSSR count). The zero-order valence-corrected chi connectivity index (χ0v) is 6.88. The molecule has 1 aliphatic heterocycles. The molecule has 0 aromatic carbocycles. The van der Waals surface area contributed by atoms with E-state index in [9.17, 15) is 0 Å². The molecule has 0 aromatic rings. The average Bonchev–Trinajstić information content (AvgIpc) is 2.29. The second-order valence-electron chi connectivity index (χ2n) is 2.68. The van der Waals surface area contributed by atoms with Gasteiger partial charge < -0.3 is 10.6 Å². The fourth-order valence-electron chi connectivity index (χ4n) is 1.18. The third-order valence-corrected chi connectivity index (χ3v) is 1.85. The van der Waals surface area contributed by atoms with Crippen molar-refractivity contribution in [1.29, 1.82) is 0 Å². The van der Waals surface area contributed by atoms with Gasteiger partial charge >= 0.3 is 0 Å². The van der Waals surface area contributed by atoms with Gasteiger partial charge in [0, 0.05) is 25.7 Å². The van der Waals surface area contributed by atoms with Gasteiger partial charge in [-0.25, -0.2) is 0 Å². The third kappa shape index (κ3) is 1.64. The first-order chi connectivity index (χ1) is 5.25. The van der Waals surface area contributed by atoms with Crippen LogP contribution < -0.4 is 5.73 Å². The van der Waals surface area contributed by atoms with E-state index in [1.165, 1.54) is 0 Å². The Morgan fingerprint density at radius 1 is 1.64 bits per heavy atom. The normalized spacial score (nSPS) is 18.5. The number of likely N-dealkylation sites (N-methyl/N-ethyl adjacent to an activating group) is 1. The van der Waals surface area contributed by atoms with Crippen molar-refractivity contribution in [1.82, 2.24) is 4.90 Å². The summed E-state index contributed by atoms with van der Waals surface area (Å²) in [7, 11) is 2.04. The van der Waals surface area contributed by atoms with Gasteiger partial charge in [0.05, 0.1) is 5.70 Å². The van der Waals surface area contributed by atoms with Crippen molar-refractivity contribution in [3.63, 3.8) is 0 Å². The first-order valence-electron chi connectivity index (χ1n) is 3.74. The summed E-state index contributed by atoms with van der Waals surface area (Å²) in [5, 5.41) is 0. The van der Waals surface area contributed by atoms with E-state index in [-0.39, 0.29) is 0 Å². The van der Waals surface area contributed by atoms with Crippen LogP contribution in [-0.4, -0.2) is 18.5 Å². The molecule has 0 spiro atoms. The van der Waals surface area contributed by atoms with Crippen LogP contribution in [-0.2, 0) is 0 Å². The molecule has 0 unspecified atom stereocenters. The lowest BCUT2D eigenvalue weighted by Crippen LogP contribution is -2.11. The maximum atomic E-state index is 5.76. The van der Waals surface area contributed by atoms with Crippen LogP contribution in [0.15, 0.2) is 36.2 Å². The summed E-state index contributed by atoms with van der Waals surface area (Å²) >= 11 is 0. The molecule has 11 heavy (non-hydrogen) atoms. The van der Waals surface area contributed by atoms with E-state index >= 15 is 0 Å². The van der Waals surface area contributed by atoms with Crippen LogP contribution in [0.3, 0.4) is 0 Å². The highest BCUT2D eigenvalue weighted by molar-refractivity contribution is 5.28. The highest BCUT2D eigenvalue weighted by Crippen LogP contribution is 2.17. The molecule has 0 fully saturated rings. The zero-order chi connectivity index (χ0) is 8.27. The highest BCUT2D eigenvalue weighted by atomic mass is 15.1. The van der Waals surface area contributed by atoms with E-state index in [4.69, 9.17) is 5.73 Å². The molecule has 0 aliphatic carbocycles. The molecule has 0 atom stereocenters. The largest absolute Gasteiger partial charge is 0.400 e. The first kappa shape index (κ1) is 7.92. The summed E-state index contributed by atoms with van der Waals surface area (Å²) in [5.41, 5.74) is 7.87. The molecule has 0 saturated carbocycles. The maximum absolute atomic E-state index is 5.76. The molecular formula is C9H14N2. The van der Waals surface area contributed by atoms with Crippen molar-refractivity contribution >= 4 is 0 Å². The van der Waals surface area contributed by atoms with Crippen molar-refractivity contribution < 1.29 is 0 Å². The summed E-state index contributed by atoms with van der Waals surface area (Å²) in [5.74, 6) is 0. The second kappa shape index (κ2) is 3.28. The summed E-state index contributed by atoms with van der Waals surface area (Å²) < 4.78 is 0. The smallest absolute Gasteiger partial charge is 0.0555 e. The van der Waals surface area contributed by atoms with Crippen molar-refractivity contribution in [2.45, 2.75) is 6.42 Å². The quantitative estimate of drug-likeness (QED) is 0.600. The van der Waals surface area contributed by atoms with Gasteiger partial charge in [0.1, 0.15) is 0 Å². The Labute approximate surface area is 67.7 Å². The summed E-state index contributed by atoms with van der Waals surface area (Å²) in [4.78, 5) is 2.15. The fraction of sp³-hybridized carbons (Fsp3) is 0.333. The molecule has 0 amide bonds. The Morgan fingerprint density at radius 2 is 2.36 bits per heavy atom. The molecule has 60 valence electrons. The van der Waals surface area contributed by atoms with Gasteiger partial charge in [-0.1, -0.05) is 18.7 Å². The van der Waals surface area contributed by atoms with Crippen LogP contribution in [0.25, 0.3) is 0 Å². The van der Waals surface area contributed by atoms with Crippen molar-refractivity contribution in [2.75, 3.05) is 13.6 Å². The number of hydrogen-bond acceptors (Lipinski definition) is 2. The van der Waals surface area contributed by atoms with Crippen molar-refractivity contribution in [3.8, 4) is 0 Å². The van der Waals surface area contributed by atoms with E-state index in [2.05, 4.69) is 11.5 Å². The Bertz CT molecular complexity index is 214. The predicted molar refractivity (Wildman–Crippen MR) is 47.8 cm³/mol. The van der Waals surface area contributed by atoms with E-state index in [1.807, 2.05) is 19.2 Å². The van der Waals surface area contributed by atoms with E-state index < -0.39 is 0 Å². The number of rotatable bonds is 2. The van der Waals surface area contributed by atoms with Crippen LogP contribution in [0.4, 0.5) is 0 Å². The Balaban J connectivity index is 2.74. The third-order valence-electron chi connectivity index (χ3n) is 1.85. The molecule has 2 nitrogen and oxygen atoms in total. The summed E-state index contributed by atoms with van der Waals surface area (Å²) in [6, 6.07) is 0. The number of nitrogens with zero attached hydrogens (tertiary/aromatic N) is 1.